The lowest BCUT2D eigenvalue weighted by Crippen LogP contribution is -2.57. The van der Waals surface area contributed by atoms with Gasteiger partial charge in [-0.05, 0) is 49.8 Å². The van der Waals surface area contributed by atoms with E-state index < -0.39 is 23.1 Å². The number of aliphatic carboxylic acids is 1. The predicted octanol–water partition coefficient (Wildman–Crippen LogP) is 3.04. The summed E-state index contributed by atoms with van der Waals surface area (Å²) in [4.78, 5) is 12.0. The highest BCUT2D eigenvalue weighted by Gasteiger charge is 2.53. The number of benzene rings is 1. The lowest BCUT2D eigenvalue weighted by molar-refractivity contribution is -0.145. The van der Waals surface area contributed by atoms with Crippen LogP contribution in [0.4, 0.5) is 8.78 Å². The Morgan fingerprint density at radius 1 is 1.33 bits per heavy atom. The minimum absolute atomic E-state index is 0.0831. The van der Waals surface area contributed by atoms with E-state index >= 15 is 0 Å². The van der Waals surface area contributed by atoms with E-state index in [4.69, 9.17) is 0 Å². The van der Waals surface area contributed by atoms with Gasteiger partial charge in [0, 0.05) is 16.7 Å². The van der Waals surface area contributed by atoms with Crippen LogP contribution in [-0.2, 0) is 4.79 Å². The average molecular weight is 313 g/mol. The smallest absolute Gasteiger partial charge is 0.325 e. The number of thioether (sulfide) groups is 1. The Morgan fingerprint density at radius 3 is 2.62 bits per heavy atom. The first-order chi connectivity index (χ1) is 10.0. The molecule has 0 aromatic heterocycles. The third-order valence-electron chi connectivity index (χ3n) is 4.04. The van der Waals surface area contributed by atoms with E-state index in [0.717, 1.165) is 55.6 Å². The van der Waals surface area contributed by atoms with Crippen LogP contribution in [0, 0.1) is 17.6 Å². The second-order valence-corrected chi connectivity index (χ2v) is 6.85. The number of carboxylic acids is 1. The van der Waals surface area contributed by atoms with Gasteiger partial charge in [0.05, 0.1) is 0 Å². The van der Waals surface area contributed by atoms with E-state index in [1.165, 1.54) is 0 Å². The molecule has 3 rings (SSSR count). The zero-order valence-electron chi connectivity index (χ0n) is 11.4. The molecule has 2 aliphatic carbocycles. The van der Waals surface area contributed by atoms with Gasteiger partial charge in [-0.25, -0.2) is 8.78 Å². The molecule has 21 heavy (non-hydrogen) atoms. The molecule has 0 heterocycles. The predicted molar refractivity (Wildman–Crippen MR) is 76.3 cm³/mol. The lowest BCUT2D eigenvalue weighted by Gasteiger charge is -2.30. The second-order valence-electron chi connectivity index (χ2n) is 5.83. The molecule has 1 aromatic rings. The standard InChI is InChI=1S/C15H17F2NO2S/c16-10-3-6-12(17)13(7-10)21-8-15(14(19)20,9-1-2-9)18-11-4-5-11/h3,6-7,9,11,18H,1-2,4-5,8H2,(H,19,20). The van der Waals surface area contributed by atoms with Crippen molar-refractivity contribution in [3.8, 4) is 0 Å². The molecule has 0 bridgehead atoms. The molecule has 114 valence electrons. The Kier molecular flexibility index (Phi) is 3.92. The van der Waals surface area contributed by atoms with Crippen molar-refractivity contribution in [1.29, 1.82) is 0 Å². The highest BCUT2D eigenvalue weighted by Crippen LogP contribution is 2.44. The molecule has 0 spiro atoms. The number of carboxylic acid groups (broad SMARTS) is 1. The minimum Gasteiger partial charge on any atom is -0.480 e. The van der Waals surface area contributed by atoms with Crippen LogP contribution in [0.3, 0.4) is 0 Å². The molecular formula is C15H17F2NO2S. The van der Waals surface area contributed by atoms with Crippen molar-refractivity contribution in [2.75, 3.05) is 5.75 Å². The van der Waals surface area contributed by atoms with Gasteiger partial charge in [0.25, 0.3) is 0 Å². The van der Waals surface area contributed by atoms with Crippen LogP contribution in [0.15, 0.2) is 23.1 Å². The maximum Gasteiger partial charge on any atom is 0.325 e. The molecule has 0 radical (unpaired) electrons. The quantitative estimate of drug-likeness (QED) is 0.760. The maximum absolute atomic E-state index is 13.7. The van der Waals surface area contributed by atoms with Gasteiger partial charge < -0.3 is 5.11 Å². The zero-order chi connectivity index (χ0) is 15.0. The molecule has 3 nitrogen and oxygen atoms in total. The van der Waals surface area contributed by atoms with Crippen molar-refractivity contribution in [1.82, 2.24) is 5.32 Å². The summed E-state index contributed by atoms with van der Waals surface area (Å²) in [5, 5.41) is 12.9. The average Bonchev–Trinajstić information content (AvgIpc) is 3.30. The van der Waals surface area contributed by atoms with Crippen LogP contribution in [-0.4, -0.2) is 28.4 Å². The lowest BCUT2D eigenvalue weighted by atomic mass is 9.95. The Hall–Kier alpha value is -1.14. The zero-order valence-corrected chi connectivity index (χ0v) is 12.3. The van der Waals surface area contributed by atoms with Crippen molar-refractivity contribution in [2.45, 2.75) is 42.2 Å². The van der Waals surface area contributed by atoms with Crippen molar-refractivity contribution in [3.05, 3.63) is 29.8 Å². The van der Waals surface area contributed by atoms with Gasteiger partial charge in [-0.2, -0.15) is 0 Å². The molecule has 2 saturated carbocycles. The number of nitrogens with one attached hydrogen (secondary N) is 1. The first-order valence-corrected chi connectivity index (χ1v) is 8.09. The number of halogens is 2. The van der Waals surface area contributed by atoms with Gasteiger partial charge in [-0.15, -0.1) is 11.8 Å². The van der Waals surface area contributed by atoms with E-state index in [-0.39, 0.29) is 22.6 Å². The molecule has 1 atom stereocenters. The summed E-state index contributed by atoms with van der Waals surface area (Å²) in [7, 11) is 0. The van der Waals surface area contributed by atoms with Gasteiger partial charge in [-0.1, -0.05) is 0 Å². The van der Waals surface area contributed by atoms with Crippen LogP contribution in [0.5, 0.6) is 0 Å². The molecule has 0 aliphatic heterocycles. The Labute approximate surface area is 126 Å². The van der Waals surface area contributed by atoms with E-state index in [1.807, 2.05) is 0 Å². The highest BCUT2D eigenvalue weighted by atomic mass is 32.2. The van der Waals surface area contributed by atoms with Crippen LogP contribution >= 0.6 is 11.8 Å². The van der Waals surface area contributed by atoms with Crippen molar-refractivity contribution in [2.24, 2.45) is 5.92 Å². The highest BCUT2D eigenvalue weighted by molar-refractivity contribution is 7.99. The number of hydrogen-bond donors (Lipinski definition) is 2. The van der Waals surface area contributed by atoms with Crippen LogP contribution < -0.4 is 5.32 Å². The third-order valence-corrected chi connectivity index (χ3v) is 5.27. The Bertz CT molecular complexity index is 561. The van der Waals surface area contributed by atoms with Gasteiger partial charge in [0.2, 0.25) is 0 Å². The Morgan fingerprint density at radius 2 is 2.05 bits per heavy atom. The van der Waals surface area contributed by atoms with Gasteiger partial charge in [0.1, 0.15) is 17.2 Å². The molecule has 0 saturated heterocycles. The molecule has 0 amide bonds. The van der Waals surface area contributed by atoms with Crippen LogP contribution in [0.2, 0.25) is 0 Å². The van der Waals surface area contributed by atoms with Gasteiger partial charge in [-0.3, -0.25) is 10.1 Å². The van der Waals surface area contributed by atoms with E-state index in [9.17, 15) is 18.7 Å². The summed E-state index contributed by atoms with van der Waals surface area (Å²) >= 11 is 1.08. The largest absolute Gasteiger partial charge is 0.480 e. The summed E-state index contributed by atoms with van der Waals surface area (Å²) in [6, 6.07) is 3.51. The molecule has 2 N–H and O–H groups in total. The second kappa shape index (κ2) is 5.57. The Balaban J connectivity index is 1.77. The van der Waals surface area contributed by atoms with Gasteiger partial charge >= 0.3 is 5.97 Å². The van der Waals surface area contributed by atoms with Crippen molar-refractivity contribution < 1.29 is 18.7 Å². The normalized spacial score (nSPS) is 21.0. The SMILES string of the molecule is O=C(O)C(CSc1cc(F)ccc1F)(NC1CC1)C1CC1. The molecule has 1 unspecified atom stereocenters. The summed E-state index contributed by atoms with van der Waals surface area (Å²) in [6.07, 6.45) is 3.72. The van der Waals surface area contributed by atoms with E-state index in [2.05, 4.69) is 5.32 Å². The number of rotatable bonds is 7. The van der Waals surface area contributed by atoms with E-state index in [1.54, 1.807) is 0 Å². The molecule has 1 aromatic carbocycles. The third kappa shape index (κ3) is 3.21. The monoisotopic (exact) mass is 313 g/mol. The molecular weight excluding hydrogens is 296 g/mol. The van der Waals surface area contributed by atoms with Crippen molar-refractivity contribution in [3.63, 3.8) is 0 Å². The van der Waals surface area contributed by atoms with Crippen molar-refractivity contribution >= 4 is 17.7 Å². The molecule has 2 aliphatic rings. The van der Waals surface area contributed by atoms with Gasteiger partial charge in [0.15, 0.2) is 0 Å². The topological polar surface area (TPSA) is 49.3 Å². The maximum atomic E-state index is 13.7. The fraction of sp³-hybridized carbons (Fsp3) is 0.533. The first-order valence-electron chi connectivity index (χ1n) is 7.10. The summed E-state index contributed by atoms with van der Waals surface area (Å²) < 4.78 is 26.9. The first kappa shape index (κ1) is 14.8. The fourth-order valence-corrected chi connectivity index (χ4v) is 3.75. The molecule has 6 heteroatoms. The van der Waals surface area contributed by atoms with E-state index in [0.29, 0.717) is 0 Å². The summed E-state index contributed by atoms with van der Waals surface area (Å²) in [5.74, 6) is -1.62. The number of carbonyl (C=O) groups is 1. The fourth-order valence-electron chi connectivity index (χ4n) is 2.52. The number of hydrogen-bond acceptors (Lipinski definition) is 3. The van der Waals surface area contributed by atoms with Crippen LogP contribution in [0.25, 0.3) is 0 Å². The molecule has 2 fully saturated rings. The van der Waals surface area contributed by atoms with Crippen LogP contribution in [0.1, 0.15) is 25.7 Å². The minimum atomic E-state index is -1.02. The summed E-state index contributed by atoms with van der Waals surface area (Å²) in [5.41, 5.74) is -1.02. The summed E-state index contributed by atoms with van der Waals surface area (Å²) in [6.45, 7) is 0.